The van der Waals surface area contributed by atoms with Crippen LogP contribution in [0, 0.1) is 20.9 Å². The van der Waals surface area contributed by atoms with E-state index in [0.717, 1.165) is 22.6 Å². The second-order valence-electron chi connectivity index (χ2n) is 10.1. The molecule has 0 bridgehead atoms. The third-order valence-electron chi connectivity index (χ3n) is 6.55. The number of para-hydroxylation sites is 1. The van der Waals surface area contributed by atoms with E-state index >= 15 is 0 Å². The smallest absolute Gasteiger partial charge is 0.0195 e. The number of nitrogens with zero attached hydrogens (tertiary/aromatic N) is 2. The summed E-state index contributed by atoms with van der Waals surface area (Å²) in [6.45, 7) is 13.5. The van der Waals surface area contributed by atoms with Crippen LogP contribution in [0.25, 0.3) is 16.6 Å². The number of rotatable bonds is 8. The van der Waals surface area contributed by atoms with Gasteiger partial charge in [0, 0.05) is 31.5 Å². The van der Waals surface area contributed by atoms with E-state index in [-0.39, 0.29) is 46.7 Å². The fraction of sp³-hybridized carbons (Fsp3) is 0.286. The zero-order valence-corrected chi connectivity index (χ0v) is 27.9. The second kappa shape index (κ2) is 15.2. The first-order chi connectivity index (χ1) is 16.9. The molecule has 4 aromatic rings. The minimum Gasteiger partial charge on any atom is -0.673 e. The SMILES string of the molecule is CC(C)c1ccccc1C([N-]c1c(C(C)C)cccc1C(C)C)c1cccc(-c2[c-]cccc2)n1.[CH3-].[CH3-].[Hf]. The van der Waals surface area contributed by atoms with Gasteiger partial charge in [0.25, 0.3) is 0 Å². The van der Waals surface area contributed by atoms with Gasteiger partial charge < -0.3 is 25.2 Å². The average molecular weight is 669 g/mol. The molecule has 0 aliphatic rings. The fourth-order valence-corrected chi connectivity index (χ4v) is 4.68. The van der Waals surface area contributed by atoms with Gasteiger partial charge in [-0.05, 0) is 41.1 Å². The molecule has 1 unspecified atom stereocenters. The van der Waals surface area contributed by atoms with Crippen LogP contribution in [0.4, 0.5) is 5.69 Å². The van der Waals surface area contributed by atoms with Crippen molar-refractivity contribution in [1.82, 2.24) is 4.98 Å². The number of pyridine rings is 1. The van der Waals surface area contributed by atoms with Crippen molar-refractivity contribution < 1.29 is 25.8 Å². The number of hydrogen-bond acceptors (Lipinski definition) is 1. The summed E-state index contributed by atoms with van der Waals surface area (Å²) in [5.41, 5.74) is 9.10. The first-order valence-corrected chi connectivity index (χ1v) is 12.7. The Labute approximate surface area is 251 Å². The largest absolute Gasteiger partial charge is 0.673 e. The Morgan fingerprint density at radius 3 is 1.68 bits per heavy atom. The van der Waals surface area contributed by atoms with E-state index in [1.54, 1.807) is 0 Å². The molecule has 200 valence electrons. The molecule has 0 N–H and O–H groups in total. The van der Waals surface area contributed by atoms with Crippen molar-refractivity contribution >= 4 is 5.69 Å². The van der Waals surface area contributed by atoms with Crippen molar-refractivity contribution in [1.29, 1.82) is 0 Å². The Morgan fingerprint density at radius 2 is 1.13 bits per heavy atom. The maximum Gasteiger partial charge on any atom is 0.0195 e. The Balaban J connectivity index is 0.00000241. The van der Waals surface area contributed by atoms with Crippen LogP contribution >= 0.6 is 0 Å². The summed E-state index contributed by atoms with van der Waals surface area (Å²) in [5, 5.41) is 5.55. The van der Waals surface area contributed by atoms with Crippen LogP contribution < -0.4 is 0 Å². The molecule has 2 nitrogen and oxygen atoms in total. The summed E-state index contributed by atoms with van der Waals surface area (Å²) in [4.78, 5) is 5.14. The molecule has 1 heterocycles. The molecule has 0 spiro atoms. The first kappa shape index (κ1) is 33.5. The van der Waals surface area contributed by atoms with Crippen LogP contribution in [0.3, 0.4) is 0 Å². The number of aromatic nitrogens is 1. The molecule has 1 aromatic heterocycles. The van der Waals surface area contributed by atoms with Crippen molar-refractivity contribution in [2.75, 3.05) is 0 Å². The zero-order valence-electron chi connectivity index (χ0n) is 24.3. The molecule has 1 atom stereocenters. The Hall–Kier alpha value is -2.52. The second-order valence-corrected chi connectivity index (χ2v) is 10.1. The molecule has 0 saturated heterocycles. The molecule has 4 rings (SSSR count). The van der Waals surface area contributed by atoms with E-state index in [0.29, 0.717) is 17.8 Å². The van der Waals surface area contributed by atoms with Crippen LogP contribution in [-0.4, -0.2) is 4.98 Å². The van der Waals surface area contributed by atoms with Gasteiger partial charge in [-0.25, -0.2) is 0 Å². The molecule has 0 aliphatic carbocycles. The zero-order chi connectivity index (χ0) is 24.9. The van der Waals surface area contributed by atoms with E-state index in [4.69, 9.17) is 10.3 Å². The Morgan fingerprint density at radius 1 is 0.605 bits per heavy atom. The Kier molecular flexibility index (Phi) is 13.4. The van der Waals surface area contributed by atoms with E-state index in [1.165, 1.54) is 22.3 Å². The van der Waals surface area contributed by atoms with Crippen LogP contribution in [0.2, 0.25) is 0 Å². The van der Waals surface area contributed by atoms with Gasteiger partial charge in [0.1, 0.15) is 0 Å². The molecule has 3 aromatic carbocycles. The van der Waals surface area contributed by atoms with Crippen LogP contribution in [0.1, 0.15) is 93.3 Å². The summed E-state index contributed by atoms with van der Waals surface area (Å²) in [6.07, 6.45) is 0. The summed E-state index contributed by atoms with van der Waals surface area (Å²) >= 11 is 0. The fourth-order valence-electron chi connectivity index (χ4n) is 4.68. The standard InChI is InChI=1S/C33H36N2.2CH3.Hf/c1-22(2)26-16-10-11-17-29(26)33(31-21-13-20-30(34-31)25-14-8-7-9-15-25)35-32-27(23(3)4)18-12-19-28(32)24(5)6;;;/h7-14,16-24,33H,1-6H3;2*1H3;/q-2;2*-1;. The summed E-state index contributed by atoms with van der Waals surface area (Å²) < 4.78 is 0. The molecule has 3 heteroatoms. The van der Waals surface area contributed by atoms with Gasteiger partial charge in [-0.1, -0.05) is 113 Å². The monoisotopic (exact) mass is 670 g/mol. The maximum absolute atomic E-state index is 5.55. The predicted octanol–water partition coefficient (Wildman–Crippen LogP) is 10.6. The predicted molar refractivity (Wildman–Crippen MR) is 161 cm³/mol. The van der Waals surface area contributed by atoms with Crippen LogP contribution in [0.5, 0.6) is 0 Å². The van der Waals surface area contributed by atoms with Gasteiger partial charge in [-0.15, -0.1) is 41.6 Å². The number of benzene rings is 3. The maximum atomic E-state index is 5.55. The van der Waals surface area contributed by atoms with Gasteiger partial charge in [-0.3, -0.25) is 0 Å². The molecule has 0 fully saturated rings. The van der Waals surface area contributed by atoms with Crippen molar-refractivity contribution in [2.24, 2.45) is 0 Å². The van der Waals surface area contributed by atoms with E-state index < -0.39 is 0 Å². The topological polar surface area (TPSA) is 27.0 Å². The van der Waals surface area contributed by atoms with Crippen molar-refractivity contribution in [3.63, 3.8) is 0 Å². The molecular weight excluding hydrogens is 627 g/mol. The van der Waals surface area contributed by atoms with E-state index in [9.17, 15) is 0 Å². The van der Waals surface area contributed by atoms with Gasteiger partial charge in [0.05, 0.1) is 0 Å². The minimum atomic E-state index is -0.199. The van der Waals surface area contributed by atoms with Crippen molar-refractivity contribution in [3.8, 4) is 11.3 Å². The van der Waals surface area contributed by atoms with E-state index in [1.807, 2.05) is 18.2 Å². The summed E-state index contributed by atoms with van der Waals surface area (Å²) in [6, 6.07) is 32.7. The molecule has 0 saturated carbocycles. The third-order valence-corrected chi connectivity index (χ3v) is 6.55. The van der Waals surface area contributed by atoms with Crippen LogP contribution in [-0.2, 0) is 25.8 Å². The van der Waals surface area contributed by atoms with Crippen molar-refractivity contribution in [2.45, 2.75) is 65.3 Å². The summed E-state index contributed by atoms with van der Waals surface area (Å²) in [7, 11) is 0. The van der Waals surface area contributed by atoms with E-state index in [2.05, 4.69) is 114 Å². The third kappa shape index (κ3) is 7.53. The number of hydrogen-bond donors (Lipinski definition) is 0. The van der Waals surface area contributed by atoms with Gasteiger partial charge in [0.15, 0.2) is 0 Å². The minimum absolute atomic E-state index is 0. The van der Waals surface area contributed by atoms with Crippen molar-refractivity contribution in [3.05, 3.63) is 139 Å². The molecule has 38 heavy (non-hydrogen) atoms. The normalized spacial score (nSPS) is 11.4. The van der Waals surface area contributed by atoms with Gasteiger partial charge >= 0.3 is 0 Å². The molecule has 0 aliphatic heterocycles. The quantitative estimate of drug-likeness (QED) is 0.136. The summed E-state index contributed by atoms with van der Waals surface area (Å²) in [5.74, 6) is 1.15. The molecular formula is C35H42HfN2-4. The van der Waals surface area contributed by atoms with Crippen LogP contribution in [0.15, 0.2) is 84.9 Å². The van der Waals surface area contributed by atoms with Gasteiger partial charge in [0.2, 0.25) is 0 Å². The molecule has 0 amide bonds. The Bertz CT molecular complexity index is 1240. The first-order valence-electron chi connectivity index (χ1n) is 12.7. The average Bonchev–Trinajstić information content (AvgIpc) is 2.87. The molecule has 0 radical (unpaired) electrons. The van der Waals surface area contributed by atoms with Gasteiger partial charge in [-0.2, -0.15) is 0 Å².